The van der Waals surface area contributed by atoms with Crippen molar-refractivity contribution in [3.63, 3.8) is 0 Å². The highest BCUT2D eigenvalue weighted by molar-refractivity contribution is 7.10. The van der Waals surface area contributed by atoms with Gasteiger partial charge in [-0.3, -0.25) is 4.79 Å². The first-order valence-corrected chi connectivity index (χ1v) is 7.74. The Kier molecular flexibility index (Phi) is 3.93. The maximum absolute atomic E-state index is 12.5. The first-order chi connectivity index (χ1) is 10.3. The number of hydrogen-bond donors (Lipinski definition) is 0. The lowest BCUT2D eigenvalue weighted by Gasteiger charge is -2.07. The Hall–Kier alpha value is -2.26. The van der Waals surface area contributed by atoms with E-state index >= 15 is 0 Å². The molecule has 1 atom stereocenters. The number of thiazole rings is 1. The van der Waals surface area contributed by atoms with Crippen molar-refractivity contribution in [2.75, 3.05) is 0 Å². The Morgan fingerprint density at radius 1 is 1.00 bits per heavy atom. The van der Waals surface area contributed by atoms with Gasteiger partial charge >= 0.3 is 0 Å². The van der Waals surface area contributed by atoms with Crippen molar-refractivity contribution in [3.8, 4) is 11.3 Å². The van der Waals surface area contributed by atoms with Gasteiger partial charge < -0.3 is 0 Å². The summed E-state index contributed by atoms with van der Waals surface area (Å²) in [7, 11) is 0. The zero-order valence-corrected chi connectivity index (χ0v) is 12.5. The molecule has 104 valence electrons. The summed E-state index contributed by atoms with van der Waals surface area (Å²) in [6, 6.07) is 19.4. The molecule has 0 aliphatic carbocycles. The van der Waals surface area contributed by atoms with Gasteiger partial charge in [0, 0.05) is 16.5 Å². The van der Waals surface area contributed by atoms with Crippen LogP contribution in [0.3, 0.4) is 0 Å². The highest BCUT2D eigenvalue weighted by atomic mass is 32.1. The third kappa shape index (κ3) is 2.93. The molecule has 0 amide bonds. The summed E-state index contributed by atoms with van der Waals surface area (Å²) in [5, 5.41) is 2.88. The molecule has 2 nitrogen and oxygen atoms in total. The van der Waals surface area contributed by atoms with Crippen LogP contribution in [0.5, 0.6) is 0 Å². The highest BCUT2D eigenvalue weighted by Gasteiger charge is 2.20. The quantitative estimate of drug-likeness (QED) is 0.647. The second-order valence-electron chi connectivity index (χ2n) is 4.89. The summed E-state index contributed by atoms with van der Waals surface area (Å²) >= 11 is 1.54. The van der Waals surface area contributed by atoms with Crippen molar-refractivity contribution in [2.24, 2.45) is 0 Å². The predicted molar refractivity (Wildman–Crippen MR) is 86.7 cm³/mol. The number of nitrogens with zero attached hydrogens (tertiary/aromatic N) is 1. The van der Waals surface area contributed by atoms with Gasteiger partial charge in [-0.1, -0.05) is 60.7 Å². The average molecular weight is 293 g/mol. The van der Waals surface area contributed by atoms with Gasteiger partial charge in [-0.25, -0.2) is 4.98 Å². The third-order valence-corrected chi connectivity index (χ3v) is 4.44. The molecule has 0 aliphatic rings. The van der Waals surface area contributed by atoms with Crippen molar-refractivity contribution in [3.05, 3.63) is 76.6 Å². The number of Topliss-reactive ketones (excluding diaryl/α,β-unsaturated/α-hetero) is 1. The normalized spacial score (nSPS) is 12.0. The highest BCUT2D eigenvalue weighted by Crippen LogP contribution is 2.28. The molecule has 2 aromatic carbocycles. The second-order valence-corrected chi connectivity index (χ2v) is 5.78. The molecule has 0 N–H and O–H groups in total. The molecule has 0 saturated carbocycles. The predicted octanol–water partition coefficient (Wildman–Crippen LogP) is 4.80. The molecule has 1 aromatic heterocycles. The van der Waals surface area contributed by atoms with E-state index < -0.39 is 0 Å². The largest absolute Gasteiger partial charge is 0.293 e. The maximum Gasteiger partial charge on any atom is 0.172 e. The summed E-state index contributed by atoms with van der Waals surface area (Å²) in [5.74, 6) is -0.0978. The van der Waals surface area contributed by atoms with Crippen molar-refractivity contribution < 1.29 is 4.79 Å². The van der Waals surface area contributed by atoms with Crippen LogP contribution < -0.4 is 0 Å². The number of ketones is 1. The maximum atomic E-state index is 12.5. The van der Waals surface area contributed by atoms with Gasteiger partial charge in [-0.05, 0) is 6.92 Å². The minimum absolute atomic E-state index is 0.115. The first kappa shape index (κ1) is 13.7. The van der Waals surface area contributed by atoms with Crippen LogP contribution in [0.25, 0.3) is 11.3 Å². The van der Waals surface area contributed by atoms with Gasteiger partial charge in [0.15, 0.2) is 5.78 Å². The summed E-state index contributed by atoms with van der Waals surface area (Å²) in [6.45, 7) is 1.92. The lowest BCUT2D eigenvalue weighted by molar-refractivity contribution is 0.0966. The smallest absolute Gasteiger partial charge is 0.172 e. The Morgan fingerprint density at radius 2 is 1.62 bits per heavy atom. The Morgan fingerprint density at radius 3 is 2.29 bits per heavy atom. The van der Waals surface area contributed by atoms with Crippen LogP contribution in [0.1, 0.15) is 28.2 Å². The molecule has 0 aliphatic heterocycles. The molecule has 0 fully saturated rings. The van der Waals surface area contributed by atoms with E-state index in [4.69, 9.17) is 0 Å². The molecule has 1 unspecified atom stereocenters. The first-order valence-electron chi connectivity index (χ1n) is 6.86. The second kappa shape index (κ2) is 6.02. The van der Waals surface area contributed by atoms with E-state index in [1.807, 2.05) is 73.0 Å². The van der Waals surface area contributed by atoms with E-state index in [1.165, 1.54) is 0 Å². The molecule has 1 heterocycles. The lowest BCUT2D eigenvalue weighted by atomic mass is 10.00. The summed E-state index contributed by atoms with van der Waals surface area (Å²) in [6.07, 6.45) is 0. The SMILES string of the molecule is CC(C(=O)c1ccccc1)c1nc(-c2ccccc2)cs1. The molecule has 0 spiro atoms. The zero-order chi connectivity index (χ0) is 14.7. The fraction of sp³-hybridized carbons (Fsp3) is 0.111. The van der Waals surface area contributed by atoms with Gasteiger partial charge in [0.2, 0.25) is 0 Å². The standard InChI is InChI=1S/C18H15NOS/c1-13(17(20)15-10-6-3-7-11-15)18-19-16(12-21-18)14-8-4-2-5-9-14/h2-13H,1H3. The van der Waals surface area contributed by atoms with Crippen LogP contribution in [0.4, 0.5) is 0 Å². The van der Waals surface area contributed by atoms with E-state index in [2.05, 4.69) is 4.98 Å². The van der Waals surface area contributed by atoms with Crippen molar-refractivity contribution >= 4 is 17.1 Å². The van der Waals surface area contributed by atoms with Crippen LogP contribution >= 0.6 is 11.3 Å². The Balaban J connectivity index is 1.85. The fourth-order valence-electron chi connectivity index (χ4n) is 2.19. The molecule has 3 heteroatoms. The molecule has 21 heavy (non-hydrogen) atoms. The Bertz CT molecular complexity index is 734. The monoisotopic (exact) mass is 293 g/mol. The summed E-state index contributed by atoms with van der Waals surface area (Å²) in [4.78, 5) is 17.1. The number of carbonyl (C=O) groups excluding carboxylic acids is 1. The molecule has 0 saturated heterocycles. The molecule has 0 radical (unpaired) electrons. The summed E-state index contributed by atoms with van der Waals surface area (Å²) in [5.41, 5.74) is 2.75. The van der Waals surface area contributed by atoms with Crippen molar-refractivity contribution in [1.29, 1.82) is 0 Å². The van der Waals surface area contributed by atoms with Crippen LogP contribution in [-0.2, 0) is 0 Å². The molecule has 0 bridgehead atoms. The molecule has 3 aromatic rings. The van der Waals surface area contributed by atoms with Crippen LogP contribution in [0.2, 0.25) is 0 Å². The third-order valence-electron chi connectivity index (χ3n) is 3.41. The van der Waals surface area contributed by atoms with Crippen LogP contribution in [0.15, 0.2) is 66.0 Å². The topological polar surface area (TPSA) is 30.0 Å². The van der Waals surface area contributed by atoms with Gasteiger partial charge in [-0.2, -0.15) is 0 Å². The molecular formula is C18H15NOS. The minimum atomic E-state index is -0.213. The number of benzene rings is 2. The Labute approximate surface area is 128 Å². The van der Waals surface area contributed by atoms with E-state index in [1.54, 1.807) is 11.3 Å². The molecular weight excluding hydrogens is 278 g/mol. The van der Waals surface area contributed by atoms with E-state index in [0.29, 0.717) is 0 Å². The summed E-state index contributed by atoms with van der Waals surface area (Å²) < 4.78 is 0. The van der Waals surface area contributed by atoms with Gasteiger partial charge in [0.05, 0.1) is 11.6 Å². The van der Waals surface area contributed by atoms with Crippen molar-refractivity contribution in [1.82, 2.24) is 4.98 Å². The van der Waals surface area contributed by atoms with Gasteiger partial charge in [0.25, 0.3) is 0 Å². The number of aromatic nitrogens is 1. The minimum Gasteiger partial charge on any atom is -0.293 e. The van der Waals surface area contributed by atoms with Gasteiger partial charge in [-0.15, -0.1) is 11.3 Å². The number of rotatable bonds is 4. The lowest BCUT2D eigenvalue weighted by Crippen LogP contribution is -2.09. The average Bonchev–Trinajstić information content (AvgIpc) is 3.05. The van der Waals surface area contributed by atoms with E-state index in [0.717, 1.165) is 21.8 Å². The van der Waals surface area contributed by atoms with Crippen LogP contribution in [0, 0.1) is 0 Å². The van der Waals surface area contributed by atoms with Gasteiger partial charge in [0.1, 0.15) is 5.01 Å². The zero-order valence-electron chi connectivity index (χ0n) is 11.7. The van der Waals surface area contributed by atoms with E-state index in [-0.39, 0.29) is 11.7 Å². The van der Waals surface area contributed by atoms with Crippen LogP contribution in [-0.4, -0.2) is 10.8 Å². The van der Waals surface area contributed by atoms with Crippen molar-refractivity contribution in [2.45, 2.75) is 12.8 Å². The number of carbonyl (C=O) groups is 1. The molecule has 3 rings (SSSR count). The number of hydrogen-bond acceptors (Lipinski definition) is 3. The fourth-order valence-corrected chi connectivity index (χ4v) is 3.08. The van der Waals surface area contributed by atoms with E-state index in [9.17, 15) is 4.79 Å².